The van der Waals surface area contributed by atoms with Crippen molar-refractivity contribution < 1.29 is 0 Å². The molecule has 3 aromatic heterocycles. The van der Waals surface area contributed by atoms with E-state index in [1.54, 1.807) is 15.9 Å². The molecule has 0 saturated heterocycles. The highest BCUT2D eigenvalue weighted by molar-refractivity contribution is 7.25. The van der Waals surface area contributed by atoms with Crippen LogP contribution in [0.3, 0.4) is 0 Å². The lowest BCUT2D eigenvalue weighted by molar-refractivity contribution is 0.953. The van der Waals surface area contributed by atoms with E-state index in [1.165, 1.54) is 11.3 Å². The van der Waals surface area contributed by atoms with E-state index in [-0.39, 0.29) is 5.56 Å². The van der Waals surface area contributed by atoms with Gasteiger partial charge in [-0.05, 0) is 36.4 Å². The number of benzene rings is 2. The van der Waals surface area contributed by atoms with Gasteiger partial charge in [-0.3, -0.25) is 9.36 Å². The number of para-hydroxylation sites is 1. The van der Waals surface area contributed by atoms with Crippen molar-refractivity contribution in [3.8, 4) is 27.0 Å². The fourth-order valence-corrected chi connectivity index (χ4v) is 5.26. The first kappa shape index (κ1) is 18.0. The van der Waals surface area contributed by atoms with Crippen LogP contribution in [-0.4, -0.2) is 14.5 Å². The van der Waals surface area contributed by atoms with Gasteiger partial charge >= 0.3 is 0 Å². The number of aryl methyl sites for hydroxylation is 2. The van der Waals surface area contributed by atoms with E-state index in [0.717, 1.165) is 32.3 Å². The van der Waals surface area contributed by atoms with Crippen LogP contribution in [0, 0.1) is 13.8 Å². The Hall–Kier alpha value is -3.09. The Morgan fingerprint density at radius 3 is 2.31 bits per heavy atom. The lowest BCUT2D eigenvalue weighted by Crippen LogP contribution is -2.22. The zero-order chi connectivity index (χ0) is 20.0. The van der Waals surface area contributed by atoms with E-state index >= 15 is 0 Å². The van der Waals surface area contributed by atoms with Crippen molar-refractivity contribution in [3.05, 3.63) is 87.5 Å². The first-order valence-corrected chi connectivity index (χ1v) is 10.9. The molecule has 0 N–H and O–H groups in total. The predicted molar refractivity (Wildman–Crippen MR) is 121 cm³/mol. The van der Waals surface area contributed by atoms with Crippen molar-refractivity contribution in [1.29, 1.82) is 0 Å². The molecular formula is C23H17N3OS2. The van der Waals surface area contributed by atoms with Gasteiger partial charge in [0.2, 0.25) is 0 Å². The molecule has 0 radical (unpaired) electrons. The number of thiophene rings is 1. The van der Waals surface area contributed by atoms with Gasteiger partial charge in [0.1, 0.15) is 15.5 Å². The molecule has 0 saturated carbocycles. The summed E-state index contributed by atoms with van der Waals surface area (Å²) < 4.78 is 2.33. The molecule has 0 bridgehead atoms. The first-order valence-electron chi connectivity index (χ1n) is 9.23. The predicted octanol–water partition coefficient (Wildman–Crippen LogP) is 5.85. The maximum Gasteiger partial charge on any atom is 0.278 e. The van der Waals surface area contributed by atoms with Crippen molar-refractivity contribution >= 4 is 33.0 Å². The Bertz CT molecular complexity index is 1360. The second-order valence-electron chi connectivity index (χ2n) is 6.83. The molecule has 0 amide bonds. The number of hydrogen-bond acceptors (Lipinski definition) is 5. The number of thiazole rings is 1. The third kappa shape index (κ3) is 3.01. The summed E-state index contributed by atoms with van der Waals surface area (Å²) in [6.45, 7) is 4.05. The van der Waals surface area contributed by atoms with Crippen molar-refractivity contribution in [2.75, 3.05) is 0 Å². The zero-order valence-electron chi connectivity index (χ0n) is 15.9. The lowest BCUT2D eigenvalue weighted by atomic mass is 10.1. The minimum absolute atomic E-state index is 0.0773. The maximum absolute atomic E-state index is 13.7. The van der Waals surface area contributed by atoms with E-state index in [2.05, 4.69) is 4.98 Å². The molecule has 0 spiro atoms. The highest BCUT2D eigenvalue weighted by Gasteiger charge is 2.20. The first-order chi connectivity index (χ1) is 14.1. The van der Waals surface area contributed by atoms with Crippen LogP contribution in [0.25, 0.3) is 37.3 Å². The molecule has 142 valence electrons. The van der Waals surface area contributed by atoms with Crippen LogP contribution in [0.2, 0.25) is 0 Å². The van der Waals surface area contributed by atoms with Gasteiger partial charge in [-0.1, -0.05) is 54.6 Å². The zero-order valence-corrected chi connectivity index (χ0v) is 17.6. The topological polar surface area (TPSA) is 47.8 Å². The van der Waals surface area contributed by atoms with Crippen molar-refractivity contribution in [1.82, 2.24) is 14.5 Å². The van der Waals surface area contributed by atoms with E-state index in [1.807, 2.05) is 79.9 Å². The van der Waals surface area contributed by atoms with Gasteiger partial charge in [0, 0.05) is 5.56 Å². The van der Waals surface area contributed by atoms with E-state index in [9.17, 15) is 4.79 Å². The second-order valence-corrected chi connectivity index (χ2v) is 8.78. The third-order valence-corrected chi connectivity index (χ3v) is 6.93. The minimum Gasteiger partial charge on any atom is -0.267 e. The van der Waals surface area contributed by atoms with Crippen LogP contribution in [0.1, 0.15) is 11.1 Å². The molecule has 3 heterocycles. The monoisotopic (exact) mass is 415 g/mol. The second kappa shape index (κ2) is 7.06. The van der Waals surface area contributed by atoms with Gasteiger partial charge < -0.3 is 0 Å². The Balaban J connectivity index is 1.89. The molecule has 0 aliphatic rings. The molecule has 0 unspecified atom stereocenters. The molecule has 0 atom stereocenters. The van der Waals surface area contributed by atoms with E-state index in [0.29, 0.717) is 16.2 Å². The van der Waals surface area contributed by atoms with Gasteiger partial charge in [0.05, 0.1) is 10.6 Å². The Labute approximate surface area is 175 Å². The summed E-state index contributed by atoms with van der Waals surface area (Å²) in [5.74, 6) is 0.614. The van der Waals surface area contributed by atoms with Gasteiger partial charge in [0.15, 0.2) is 5.65 Å². The summed E-state index contributed by atoms with van der Waals surface area (Å²) in [4.78, 5) is 24.3. The Kier molecular flexibility index (Phi) is 4.38. The maximum atomic E-state index is 13.7. The number of aromatic nitrogens is 3. The lowest BCUT2D eigenvalue weighted by Gasteiger charge is -2.16. The summed E-state index contributed by atoms with van der Waals surface area (Å²) in [6, 6.07) is 19.9. The standard InChI is InChI=1S/C23H17N3OS2/c1-14-8-6-9-15(2)18(14)26-21(16-10-4-3-5-11-16)24-20-19(23(26)27)29-22(25-20)17-12-7-13-28-17/h3-13H,1-2H3. The summed E-state index contributed by atoms with van der Waals surface area (Å²) in [5.41, 5.74) is 4.27. The highest BCUT2D eigenvalue weighted by Crippen LogP contribution is 2.33. The molecule has 2 aromatic carbocycles. The fourth-order valence-electron chi connectivity index (χ4n) is 3.53. The van der Waals surface area contributed by atoms with Crippen LogP contribution in [0.4, 0.5) is 0 Å². The van der Waals surface area contributed by atoms with E-state index in [4.69, 9.17) is 4.98 Å². The van der Waals surface area contributed by atoms with Gasteiger partial charge in [-0.25, -0.2) is 9.97 Å². The number of nitrogens with zero attached hydrogens (tertiary/aromatic N) is 3. The van der Waals surface area contributed by atoms with E-state index < -0.39 is 0 Å². The fraction of sp³-hybridized carbons (Fsp3) is 0.0870. The third-order valence-electron chi connectivity index (χ3n) is 4.86. The Morgan fingerprint density at radius 1 is 0.862 bits per heavy atom. The van der Waals surface area contributed by atoms with Crippen LogP contribution in [0.5, 0.6) is 0 Å². The molecule has 5 rings (SSSR count). The number of fused-ring (bicyclic) bond motifs is 1. The molecule has 5 aromatic rings. The number of hydrogen-bond donors (Lipinski definition) is 0. The molecule has 29 heavy (non-hydrogen) atoms. The van der Waals surface area contributed by atoms with Crippen LogP contribution < -0.4 is 5.56 Å². The summed E-state index contributed by atoms with van der Waals surface area (Å²) in [6.07, 6.45) is 0. The van der Waals surface area contributed by atoms with Crippen molar-refractivity contribution in [2.45, 2.75) is 13.8 Å². The molecule has 6 heteroatoms. The highest BCUT2D eigenvalue weighted by atomic mass is 32.1. The van der Waals surface area contributed by atoms with Crippen LogP contribution >= 0.6 is 22.7 Å². The van der Waals surface area contributed by atoms with Gasteiger partial charge in [-0.15, -0.1) is 22.7 Å². The SMILES string of the molecule is Cc1cccc(C)c1-n1c(-c2ccccc2)nc2nc(-c3cccs3)sc2c1=O. The van der Waals surface area contributed by atoms with Crippen molar-refractivity contribution in [2.24, 2.45) is 0 Å². The molecular weight excluding hydrogens is 398 g/mol. The van der Waals surface area contributed by atoms with Crippen LogP contribution in [-0.2, 0) is 0 Å². The van der Waals surface area contributed by atoms with Gasteiger partial charge in [-0.2, -0.15) is 0 Å². The minimum atomic E-state index is -0.0773. The Morgan fingerprint density at radius 2 is 1.62 bits per heavy atom. The van der Waals surface area contributed by atoms with Gasteiger partial charge in [0.25, 0.3) is 5.56 Å². The summed E-state index contributed by atoms with van der Waals surface area (Å²) in [7, 11) is 0. The molecule has 0 aliphatic heterocycles. The quantitative estimate of drug-likeness (QED) is 0.371. The number of rotatable bonds is 3. The average Bonchev–Trinajstić information content (AvgIpc) is 3.39. The normalized spacial score (nSPS) is 11.2. The molecule has 4 nitrogen and oxygen atoms in total. The average molecular weight is 416 g/mol. The summed E-state index contributed by atoms with van der Waals surface area (Å²) in [5, 5.41) is 2.84. The smallest absolute Gasteiger partial charge is 0.267 e. The van der Waals surface area contributed by atoms with Crippen LogP contribution in [0.15, 0.2) is 70.8 Å². The summed E-state index contributed by atoms with van der Waals surface area (Å²) >= 11 is 3.02. The molecule has 0 fully saturated rings. The van der Waals surface area contributed by atoms with Crippen molar-refractivity contribution in [3.63, 3.8) is 0 Å². The molecule has 0 aliphatic carbocycles. The largest absolute Gasteiger partial charge is 0.278 e.